The van der Waals surface area contributed by atoms with Crippen LogP contribution in [0.5, 0.6) is 5.75 Å². The van der Waals surface area contributed by atoms with E-state index in [1.54, 1.807) is 37.4 Å². The summed E-state index contributed by atoms with van der Waals surface area (Å²) in [5, 5.41) is 2.54. The highest BCUT2D eigenvalue weighted by molar-refractivity contribution is 5.98. The molecule has 172 valence electrons. The van der Waals surface area contributed by atoms with Crippen molar-refractivity contribution in [2.24, 2.45) is 0 Å². The average Bonchev–Trinajstić information content (AvgIpc) is 2.78. The molecule has 7 heteroatoms. The quantitative estimate of drug-likeness (QED) is 0.506. The number of benzene rings is 3. The normalized spacial score (nSPS) is 11.5. The molecular formula is C26H26F2N2O3. The second-order valence-electron chi connectivity index (χ2n) is 7.70. The van der Waals surface area contributed by atoms with Crippen molar-refractivity contribution < 1.29 is 23.1 Å². The van der Waals surface area contributed by atoms with E-state index in [2.05, 4.69) is 12.2 Å². The predicted octanol–water partition coefficient (Wildman–Crippen LogP) is 5.28. The molecule has 3 rings (SSSR count). The first kappa shape index (κ1) is 23.9. The van der Waals surface area contributed by atoms with Gasteiger partial charge in [0.1, 0.15) is 23.4 Å². The van der Waals surface area contributed by atoms with Crippen LogP contribution >= 0.6 is 0 Å². The molecule has 3 aromatic carbocycles. The Balaban J connectivity index is 1.81. The predicted molar refractivity (Wildman–Crippen MR) is 123 cm³/mol. The Morgan fingerprint density at radius 1 is 0.939 bits per heavy atom. The van der Waals surface area contributed by atoms with Crippen LogP contribution in [0.25, 0.3) is 0 Å². The lowest BCUT2D eigenvalue weighted by Crippen LogP contribution is -2.49. The maximum atomic E-state index is 13.7. The lowest BCUT2D eigenvalue weighted by molar-refractivity contribution is -0.120. The van der Waals surface area contributed by atoms with Gasteiger partial charge in [0, 0.05) is 25.2 Å². The molecule has 0 saturated heterocycles. The molecule has 2 amide bonds. The smallest absolute Gasteiger partial charge is 0.410 e. The molecule has 0 radical (unpaired) electrons. The van der Waals surface area contributed by atoms with E-state index in [4.69, 9.17) is 4.74 Å². The fraction of sp³-hybridized carbons (Fsp3) is 0.231. The van der Waals surface area contributed by atoms with E-state index in [9.17, 15) is 18.4 Å². The first-order valence-corrected chi connectivity index (χ1v) is 10.7. The van der Waals surface area contributed by atoms with Crippen molar-refractivity contribution >= 4 is 17.7 Å². The lowest BCUT2D eigenvalue weighted by Gasteiger charge is -2.25. The Bertz CT molecular complexity index is 1070. The second kappa shape index (κ2) is 11.2. The van der Waals surface area contributed by atoms with Gasteiger partial charge in [-0.15, -0.1) is 0 Å². The molecule has 1 atom stereocenters. The van der Waals surface area contributed by atoms with Crippen molar-refractivity contribution in [2.75, 3.05) is 11.9 Å². The number of hydrogen-bond acceptors (Lipinski definition) is 3. The molecule has 0 saturated carbocycles. The largest absolute Gasteiger partial charge is 0.413 e. The minimum Gasteiger partial charge on any atom is -0.410 e. The van der Waals surface area contributed by atoms with E-state index in [0.717, 1.165) is 36.6 Å². The first-order chi connectivity index (χ1) is 15.9. The van der Waals surface area contributed by atoms with Gasteiger partial charge in [-0.05, 0) is 53.9 Å². The third kappa shape index (κ3) is 6.87. The van der Waals surface area contributed by atoms with E-state index in [-0.39, 0.29) is 12.0 Å². The summed E-state index contributed by atoms with van der Waals surface area (Å²) in [6, 6.07) is 17.8. The van der Waals surface area contributed by atoms with Crippen molar-refractivity contribution in [3.63, 3.8) is 0 Å². The summed E-state index contributed by atoms with van der Waals surface area (Å²) in [5.74, 6) is -1.67. The van der Waals surface area contributed by atoms with Gasteiger partial charge in [0.15, 0.2) is 0 Å². The maximum absolute atomic E-state index is 13.7. The number of nitrogens with one attached hydrogen (secondary N) is 1. The van der Waals surface area contributed by atoms with Crippen LogP contribution in [0.15, 0.2) is 72.8 Å². The zero-order valence-electron chi connectivity index (χ0n) is 18.6. The number of carbonyl (C=O) groups is 2. The maximum Gasteiger partial charge on any atom is 0.413 e. The molecule has 0 aliphatic rings. The highest BCUT2D eigenvalue weighted by atomic mass is 19.1. The van der Waals surface area contributed by atoms with Gasteiger partial charge in [-0.25, -0.2) is 13.6 Å². The molecule has 33 heavy (non-hydrogen) atoms. The fourth-order valence-corrected chi connectivity index (χ4v) is 3.47. The highest BCUT2D eigenvalue weighted by Crippen LogP contribution is 2.18. The molecule has 0 aliphatic carbocycles. The van der Waals surface area contributed by atoms with Crippen LogP contribution in [0.4, 0.5) is 19.3 Å². The van der Waals surface area contributed by atoms with Gasteiger partial charge in [0.25, 0.3) is 0 Å². The van der Waals surface area contributed by atoms with Crippen LogP contribution in [0.2, 0.25) is 0 Å². The van der Waals surface area contributed by atoms with Gasteiger partial charge in [-0.2, -0.15) is 0 Å². The van der Waals surface area contributed by atoms with Gasteiger partial charge in [-0.3, -0.25) is 4.79 Å². The standard InChI is InChI=1S/C26H26F2N2O3/c1-3-7-18-10-12-22(13-11-18)30(2)25(31)24(16-19-14-20(27)17-21(28)15-19)29-26(32)33-23-8-5-4-6-9-23/h4-6,8-15,17,24H,3,7,16H2,1-2H3,(H,29,32)/t24-/m0/s1. The summed E-state index contributed by atoms with van der Waals surface area (Å²) < 4.78 is 32.7. The summed E-state index contributed by atoms with van der Waals surface area (Å²) >= 11 is 0. The molecule has 0 aromatic heterocycles. The molecule has 3 aromatic rings. The number of anilines is 1. The monoisotopic (exact) mass is 452 g/mol. The number of likely N-dealkylation sites (N-methyl/N-ethyl adjacent to an activating group) is 1. The molecule has 1 N–H and O–H groups in total. The number of aryl methyl sites for hydroxylation is 1. The molecule has 0 fully saturated rings. The van der Waals surface area contributed by atoms with E-state index < -0.39 is 29.7 Å². The molecule has 5 nitrogen and oxygen atoms in total. The lowest BCUT2D eigenvalue weighted by atomic mass is 10.0. The summed E-state index contributed by atoms with van der Waals surface area (Å²) in [5.41, 5.74) is 2.02. The van der Waals surface area contributed by atoms with Crippen molar-refractivity contribution in [1.82, 2.24) is 5.32 Å². The van der Waals surface area contributed by atoms with Gasteiger partial charge in [0.2, 0.25) is 5.91 Å². The number of rotatable bonds is 8. The summed E-state index contributed by atoms with van der Waals surface area (Å²) in [7, 11) is 1.58. The number of nitrogens with zero attached hydrogens (tertiary/aromatic N) is 1. The third-order valence-corrected chi connectivity index (χ3v) is 5.10. The Morgan fingerprint density at radius 3 is 2.18 bits per heavy atom. The van der Waals surface area contributed by atoms with Crippen LogP contribution in [0.3, 0.4) is 0 Å². The Morgan fingerprint density at radius 2 is 1.58 bits per heavy atom. The van der Waals surface area contributed by atoms with Crippen LogP contribution < -0.4 is 15.0 Å². The molecule has 0 heterocycles. The molecule has 0 aliphatic heterocycles. The first-order valence-electron chi connectivity index (χ1n) is 10.7. The minimum atomic E-state index is -1.11. The fourth-order valence-electron chi connectivity index (χ4n) is 3.47. The third-order valence-electron chi connectivity index (χ3n) is 5.10. The second-order valence-corrected chi connectivity index (χ2v) is 7.70. The average molecular weight is 453 g/mol. The number of carbonyl (C=O) groups excluding carboxylic acids is 2. The molecule has 0 unspecified atom stereocenters. The van der Waals surface area contributed by atoms with Crippen LogP contribution in [0.1, 0.15) is 24.5 Å². The highest BCUT2D eigenvalue weighted by Gasteiger charge is 2.26. The van der Waals surface area contributed by atoms with Crippen LogP contribution in [-0.4, -0.2) is 25.1 Å². The zero-order valence-corrected chi connectivity index (χ0v) is 18.6. The van der Waals surface area contributed by atoms with E-state index in [1.807, 2.05) is 24.3 Å². The number of hydrogen-bond donors (Lipinski definition) is 1. The molecular weight excluding hydrogens is 426 g/mol. The van der Waals surface area contributed by atoms with E-state index >= 15 is 0 Å². The number of ether oxygens (including phenoxy) is 1. The van der Waals surface area contributed by atoms with Gasteiger partial charge < -0.3 is 15.0 Å². The van der Waals surface area contributed by atoms with Crippen LogP contribution in [0, 0.1) is 11.6 Å². The van der Waals surface area contributed by atoms with Gasteiger partial charge >= 0.3 is 6.09 Å². The Labute approximate surface area is 192 Å². The Kier molecular flexibility index (Phi) is 8.13. The number of para-hydroxylation sites is 1. The van der Waals surface area contributed by atoms with Crippen LogP contribution in [-0.2, 0) is 17.6 Å². The van der Waals surface area contributed by atoms with Crippen molar-refractivity contribution in [2.45, 2.75) is 32.2 Å². The van der Waals surface area contributed by atoms with Crippen molar-refractivity contribution in [3.8, 4) is 5.75 Å². The van der Waals surface area contributed by atoms with E-state index in [1.165, 1.54) is 4.90 Å². The zero-order chi connectivity index (χ0) is 23.8. The topological polar surface area (TPSA) is 58.6 Å². The van der Waals surface area contributed by atoms with E-state index in [0.29, 0.717) is 11.4 Å². The van der Waals surface area contributed by atoms with Crippen molar-refractivity contribution in [3.05, 3.63) is 95.6 Å². The molecule has 0 bridgehead atoms. The summed E-state index contributed by atoms with van der Waals surface area (Å²) in [6.45, 7) is 2.09. The minimum absolute atomic E-state index is 0.115. The summed E-state index contributed by atoms with van der Waals surface area (Å²) in [6.07, 6.45) is 0.977. The Hall–Kier alpha value is -3.74. The number of amides is 2. The van der Waals surface area contributed by atoms with Gasteiger partial charge in [0.05, 0.1) is 0 Å². The van der Waals surface area contributed by atoms with Gasteiger partial charge in [-0.1, -0.05) is 43.7 Å². The number of halogens is 2. The van der Waals surface area contributed by atoms with Crippen molar-refractivity contribution in [1.29, 1.82) is 0 Å². The molecule has 0 spiro atoms. The summed E-state index contributed by atoms with van der Waals surface area (Å²) in [4.78, 5) is 27.2. The SMILES string of the molecule is CCCc1ccc(N(C)C(=O)[C@H](Cc2cc(F)cc(F)c2)NC(=O)Oc2ccccc2)cc1.